The first kappa shape index (κ1) is 31.3. The number of carbonyl (C=O) groups is 3. The number of ether oxygens (including phenoxy) is 3. The van der Waals surface area contributed by atoms with Crippen LogP contribution in [0.2, 0.25) is 0 Å². The lowest BCUT2D eigenvalue weighted by atomic mass is 9.44. The molecule has 7 nitrogen and oxygen atoms in total. The second kappa shape index (κ2) is 11.2. The Morgan fingerprint density at radius 1 is 0.875 bits per heavy atom. The molecule has 0 amide bonds. The Labute approximate surface area is 241 Å². The van der Waals surface area contributed by atoms with Gasteiger partial charge in [-0.1, -0.05) is 20.8 Å². The van der Waals surface area contributed by atoms with E-state index in [0.29, 0.717) is 23.9 Å². The first-order valence-corrected chi connectivity index (χ1v) is 15.8. The molecule has 4 rings (SSSR count). The Morgan fingerprint density at radius 3 is 2.08 bits per heavy atom. The number of aliphatic hydroxyl groups excluding tert-OH is 1. The molecule has 9 atom stereocenters. The summed E-state index contributed by atoms with van der Waals surface area (Å²) in [6, 6.07) is 0. The highest BCUT2D eigenvalue weighted by atomic mass is 16.7. The summed E-state index contributed by atoms with van der Waals surface area (Å²) in [4.78, 5) is 37.1. The second-order valence-electron chi connectivity index (χ2n) is 14.9. The molecule has 4 saturated carbocycles. The Hall–Kier alpha value is -1.63. The molecule has 0 aromatic rings. The molecule has 0 radical (unpaired) electrons. The minimum Gasteiger partial charge on any atom is -0.462 e. The summed E-state index contributed by atoms with van der Waals surface area (Å²) in [6.07, 6.45) is 11.1. The van der Waals surface area contributed by atoms with E-state index in [0.717, 1.165) is 49.4 Å². The third kappa shape index (κ3) is 5.33. The molecule has 0 spiro atoms. The smallest absolute Gasteiger partial charge is 0.319 e. The summed E-state index contributed by atoms with van der Waals surface area (Å²) in [5, 5.41) is 9.59. The molecular weight excluding hydrogens is 508 g/mol. The summed E-state index contributed by atoms with van der Waals surface area (Å²) in [5.41, 5.74) is -0.710. The van der Waals surface area contributed by atoms with Crippen molar-refractivity contribution in [3.63, 3.8) is 0 Å². The number of carbonyl (C=O) groups excluding carboxylic acids is 3. The fourth-order valence-electron chi connectivity index (χ4n) is 10.0. The average molecular weight is 563 g/mol. The first-order chi connectivity index (χ1) is 18.6. The fourth-order valence-corrected chi connectivity index (χ4v) is 10.0. The number of fused-ring (bicyclic) bond motifs is 5. The summed E-state index contributed by atoms with van der Waals surface area (Å²) in [7, 11) is 0. The van der Waals surface area contributed by atoms with Crippen molar-refractivity contribution in [2.75, 3.05) is 6.61 Å². The highest BCUT2D eigenvalue weighted by Crippen LogP contribution is 2.68. The lowest BCUT2D eigenvalue weighted by Gasteiger charge is -2.61. The van der Waals surface area contributed by atoms with E-state index >= 15 is 0 Å². The molecule has 4 unspecified atom stereocenters. The highest BCUT2D eigenvalue weighted by Gasteiger charge is 2.61. The Morgan fingerprint density at radius 2 is 1.48 bits per heavy atom. The lowest BCUT2D eigenvalue weighted by Crippen LogP contribution is -2.56. The molecule has 228 valence electrons. The van der Waals surface area contributed by atoms with Gasteiger partial charge in [0, 0.05) is 27.4 Å². The van der Waals surface area contributed by atoms with E-state index in [9.17, 15) is 19.5 Å². The maximum absolute atomic E-state index is 13.5. The van der Waals surface area contributed by atoms with Crippen molar-refractivity contribution in [2.24, 2.45) is 51.8 Å². The quantitative estimate of drug-likeness (QED) is 0.268. The zero-order valence-electron chi connectivity index (χ0n) is 26.2. The van der Waals surface area contributed by atoms with Crippen LogP contribution in [0.4, 0.5) is 0 Å². The molecule has 0 aromatic heterocycles. The standard InChI is InChI=1S/C33H54O7/c1-20(15-18-34)26-11-12-27-25-10-9-23-19-24(13-16-31(23,6)28(25)14-17-32(26,27)7)38-29(37)30(4,5)33(8,39-21(2)35)40-22(3)36/h20,23-28,34H,9-19H2,1-8H3/t20?,23-,24-,25?,26-,27?,28?,31+,32-/m1/s1. The van der Waals surface area contributed by atoms with Crippen molar-refractivity contribution in [3.05, 3.63) is 0 Å². The largest absolute Gasteiger partial charge is 0.462 e. The molecule has 7 heteroatoms. The average Bonchev–Trinajstić information content (AvgIpc) is 3.20. The van der Waals surface area contributed by atoms with Crippen LogP contribution in [-0.2, 0) is 28.6 Å². The summed E-state index contributed by atoms with van der Waals surface area (Å²) in [6.45, 7) is 14.8. The predicted molar refractivity (Wildman–Crippen MR) is 152 cm³/mol. The van der Waals surface area contributed by atoms with Crippen LogP contribution in [0.5, 0.6) is 0 Å². The third-order valence-corrected chi connectivity index (χ3v) is 12.6. The van der Waals surface area contributed by atoms with E-state index in [4.69, 9.17) is 14.2 Å². The van der Waals surface area contributed by atoms with Crippen molar-refractivity contribution in [1.82, 2.24) is 0 Å². The maximum Gasteiger partial charge on any atom is 0.319 e. The molecule has 1 N–H and O–H groups in total. The van der Waals surface area contributed by atoms with Crippen molar-refractivity contribution in [1.29, 1.82) is 0 Å². The number of esters is 3. The number of rotatable bonds is 8. The Kier molecular flexibility index (Phi) is 8.78. The SMILES string of the molecule is CC(=O)OC(C)(OC(C)=O)C(C)(C)C(=O)O[C@@H]1CC[C@]2(C)C3CC[C@@]4(C)C(CC[C@@H]4C(C)CCO)C3CC[C@@H]2C1. The highest BCUT2D eigenvalue weighted by molar-refractivity contribution is 5.79. The normalized spacial score (nSPS) is 38.3. The summed E-state index contributed by atoms with van der Waals surface area (Å²) >= 11 is 0. The zero-order valence-corrected chi connectivity index (χ0v) is 26.2. The fraction of sp³-hybridized carbons (Fsp3) is 0.909. The molecule has 4 aliphatic rings. The Bertz CT molecular complexity index is 958. The van der Waals surface area contributed by atoms with Gasteiger partial charge >= 0.3 is 17.9 Å². The molecule has 0 aromatic carbocycles. The van der Waals surface area contributed by atoms with Crippen LogP contribution in [0.1, 0.15) is 120 Å². The van der Waals surface area contributed by atoms with Gasteiger partial charge in [-0.3, -0.25) is 14.4 Å². The van der Waals surface area contributed by atoms with Crippen molar-refractivity contribution in [2.45, 2.75) is 131 Å². The van der Waals surface area contributed by atoms with Gasteiger partial charge < -0.3 is 19.3 Å². The van der Waals surface area contributed by atoms with Gasteiger partial charge in [-0.2, -0.15) is 0 Å². The van der Waals surface area contributed by atoms with E-state index < -0.39 is 29.1 Å². The molecule has 0 heterocycles. The van der Waals surface area contributed by atoms with Crippen LogP contribution in [0.15, 0.2) is 0 Å². The maximum atomic E-state index is 13.5. The van der Waals surface area contributed by atoms with Gasteiger partial charge in [-0.15, -0.1) is 0 Å². The summed E-state index contributed by atoms with van der Waals surface area (Å²) in [5.74, 6) is 0.579. The second-order valence-corrected chi connectivity index (χ2v) is 14.9. The number of aliphatic hydroxyl groups is 1. The van der Waals surface area contributed by atoms with Crippen LogP contribution in [0.3, 0.4) is 0 Å². The molecule has 40 heavy (non-hydrogen) atoms. The van der Waals surface area contributed by atoms with Crippen LogP contribution >= 0.6 is 0 Å². The van der Waals surface area contributed by atoms with Gasteiger partial charge in [0.05, 0.1) is 0 Å². The number of hydrogen-bond acceptors (Lipinski definition) is 7. The predicted octanol–water partition coefficient (Wildman–Crippen LogP) is 6.44. The monoisotopic (exact) mass is 562 g/mol. The molecule has 0 aliphatic heterocycles. The van der Waals surface area contributed by atoms with Gasteiger partial charge in [0.1, 0.15) is 11.5 Å². The number of hydrogen-bond donors (Lipinski definition) is 1. The van der Waals surface area contributed by atoms with E-state index in [1.807, 2.05) is 0 Å². The van der Waals surface area contributed by atoms with E-state index in [1.165, 1.54) is 59.3 Å². The minimum absolute atomic E-state index is 0.190. The van der Waals surface area contributed by atoms with Crippen molar-refractivity contribution >= 4 is 17.9 Å². The molecule has 0 bridgehead atoms. The minimum atomic E-state index is -1.76. The molecule has 4 fully saturated rings. The molecule has 0 saturated heterocycles. The van der Waals surface area contributed by atoms with Gasteiger partial charge in [-0.05, 0) is 124 Å². The summed E-state index contributed by atoms with van der Waals surface area (Å²) < 4.78 is 16.8. The van der Waals surface area contributed by atoms with Crippen LogP contribution in [0, 0.1) is 51.8 Å². The van der Waals surface area contributed by atoms with Gasteiger partial charge in [-0.25, -0.2) is 0 Å². The topological polar surface area (TPSA) is 99.1 Å². The third-order valence-electron chi connectivity index (χ3n) is 12.6. The first-order valence-electron chi connectivity index (χ1n) is 15.8. The van der Waals surface area contributed by atoms with Crippen molar-refractivity contribution < 1.29 is 33.7 Å². The molecule has 4 aliphatic carbocycles. The van der Waals surface area contributed by atoms with E-state index in [2.05, 4.69) is 20.8 Å². The van der Waals surface area contributed by atoms with Gasteiger partial charge in [0.2, 0.25) is 0 Å². The zero-order chi connectivity index (χ0) is 29.7. The van der Waals surface area contributed by atoms with Gasteiger partial charge in [0.25, 0.3) is 5.79 Å². The van der Waals surface area contributed by atoms with Crippen molar-refractivity contribution in [3.8, 4) is 0 Å². The van der Waals surface area contributed by atoms with E-state index in [-0.39, 0.29) is 11.5 Å². The Balaban J connectivity index is 1.44. The van der Waals surface area contributed by atoms with Crippen LogP contribution in [-0.4, -0.2) is 41.5 Å². The van der Waals surface area contributed by atoms with E-state index in [1.54, 1.807) is 13.8 Å². The van der Waals surface area contributed by atoms with Gasteiger partial charge in [0.15, 0.2) is 0 Å². The van der Waals surface area contributed by atoms with Crippen LogP contribution in [0.25, 0.3) is 0 Å². The molecular formula is C33H54O7. The van der Waals surface area contributed by atoms with Crippen LogP contribution < -0.4 is 0 Å². The lowest BCUT2D eigenvalue weighted by molar-refractivity contribution is -0.260.